The van der Waals surface area contributed by atoms with E-state index < -0.39 is 20.0 Å². The highest BCUT2D eigenvalue weighted by molar-refractivity contribution is 7.89. The number of aliphatic hydroxyl groups excluding tert-OH is 1. The Labute approximate surface area is 147 Å². The number of sulfonamides is 2. The van der Waals surface area contributed by atoms with Gasteiger partial charge in [0.05, 0.1) is 31.5 Å². The van der Waals surface area contributed by atoms with E-state index in [9.17, 15) is 16.8 Å². The van der Waals surface area contributed by atoms with Crippen molar-refractivity contribution in [1.82, 2.24) is 29.9 Å². The normalized spacial score (nSPS) is 23.6. The Hall–Kier alpha value is -0.610. The fraction of sp³-hybridized carbons (Fsp3) is 0.900. The van der Waals surface area contributed by atoms with Crippen LogP contribution in [0, 0.1) is 0 Å². The van der Waals surface area contributed by atoms with Crippen molar-refractivity contribution in [2.75, 3.05) is 58.4 Å². The summed E-state index contributed by atoms with van der Waals surface area (Å²) in [7, 11) is -4.51. The van der Waals surface area contributed by atoms with E-state index in [0.717, 1.165) is 0 Å². The second kappa shape index (κ2) is 9.76. The molecule has 0 atom stereocenters. The third-order valence-electron chi connectivity index (χ3n) is 3.24. The molecule has 2 aliphatic rings. The topological polar surface area (TPSA) is 143 Å². The Kier molecular flexibility index (Phi) is 8.72. The summed E-state index contributed by atoms with van der Waals surface area (Å²) < 4.78 is 49.4. The lowest BCUT2D eigenvalue weighted by atomic mass is 10.5. The first-order valence-electron chi connectivity index (χ1n) is 7.13. The van der Waals surface area contributed by atoms with Gasteiger partial charge in [0, 0.05) is 20.1 Å². The van der Waals surface area contributed by atoms with Crippen molar-refractivity contribution in [1.29, 1.82) is 0 Å². The fourth-order valence-corrected chi connectivity index (χ4v) is 3.97. The third kappa shape index (κ3) is 8.48. The van der Waals surface area contributed by atoms with Gasteiger partial charge < -0.3 is 15.7 Å². The van der Waals surface area contributed by atoms with Crippen molar-refractivity contribution in [2.45, 2.75) is 0 Å². The molecule has 0 aromatic carbocycles. The lowest BCUT2D eigenvalue weighted by Crippen LogP contribution is -2.55. The number of nitrogens with one attached hydrogen (secondary N) is 4. The van der Waals surface area contributed by atoms with Gasteiger partial charge in [-0.15, -0.1) is 0 Å². The summed E-state index contributed by atoms with van der Waals surface area (Å²) in [5, 5.41) is 13.7. The van der Waals surface area contributed by atoms with Crippen LogP contribution in [0.1, 0.15) is 0 Å². The maximum absolute atomic E-state index is 11.1. The van der Waals surface area contributed by atoms with Crippen LogP contribution in [0.4, 0.5) is 0 Å². The summed E-state index contributed by atoms with van der Waals surface area (Å²) in [6, 6.07) is 0. The molecule has 0 unspecified atom stereocenters. The minimum Gasteiger partial charge on any atom is -0.377 e. The summed E-state index contributed by atoms with van der Waals surface area (Å²) in [6.45, 7) is 1.96. The van der Waals surface area contributed by atoms with Crippen LogP contribution in [0.5, 0.6) is 0 Å². The summed E-state index contributed by atoms with van der Waals surface area (Å²) in [4.78, 5) is 3.86. The van der Waals surface area contributed by atoms with Crippen LogP contribution in [0.2, 0.25) is 0 Å². The van der Waals surface area contributed by atoms with E-state index in [1.54, 1.807) is 7.05 Å². The number of hydrogen-bond donors (Lipinski definition) is 5. The predicted octanol–water partition coefficient (Wildman–Crippen LogP) is -3.64. The lowest BCUT2D eigenvalue weighted by Gasteiger charge is -2.34. The minimum atomic E-state index is -3.10. The van der Waals surface area contributed by atoms with Gasteiger partial charge in [-0.1, -0.05) is 0 Å². The van der Waals surface area contributed by atoms with E-state index >= 15 is 0 Å². The highest BCUT2D eigenvalue weighted by Gasteiger charge is 2.25. The van der Waals surface area contributed by atoms with Crippen molar-refractivity contribution in [3.63, 3.8) is 0 Å². The average Bonchev–Trinajstić information content (AvgIpc) is 2.52. The van der Waals surface area contributed by atoms with E-state index in [1.165, 1.54) is 0 Å². The fourth-order valence-electron chi connectivity index (χ4n) is 1.86. The van der Waals surface area contributed by atoms with Crippen LogP contribution < -0.4 is 20.1 Å². The molecule has 0 amide bonds. The SMILES string of the molecule is CNC(=S)NCO.O=S1(=O)CCN(CN2CCS(=O)(=O)NC2)CN1. The number of rotatable bonds is 3. The molecule has 0 spiro atoms. The molecule has 2 rings (SSSR count). The molecule has 0 aliphatic carbocycles. The molecule has 2 saturated heterocycles. The molecule has 5 N–H and O–H groups in total. The van der Waals surface area contributed by atoms with Crippen LogP contribution in [0.3, 0.4) is 0 Å². The number of aliphatic hydroxyl groups is 1. The zero-order valence-corrected chi connectivity index (χ0v) is 15.8. The molecular formula is C10H24N6O5S3. The Morgan fingerprint density at radius 2 is 1.54 bits per heavy atom. The van der Waals surface area contributed by atoms with Crippen molar-refractivity contribution in [2.24, 2.45) is 0 Å². The zero-order valence-electron chi connectivity index (χ0n) is 13.4. The van der Waals surface area contributed by atoms with E-state index in [2.05, 4.69) is 32.3 Å². The third-order valence-corrected chi connectivity index (χ3v) is 6.16. The molecule has 0 aromatic rings. The zero-order chi connectivity index (χ0) is 18.2. The van der Waals surface area contributed by atoms with Gasteiger partial charge >= 0.3 is 0 Å². The van der Waals surface area contributed by atoms with Gasteiger partial charge in [0.15, 0.2) is 5.11 Å². The van der Waals surface area contributed by atoms with Gasteiger partial charge in [0.25, 0.3) is 0 Å². The number of thiocarbonyl (C=S) groups is 1. The highest BCUT2D eigenvalue weighted by Crippen LogP contribution is 2.03. The van der Waals surface area contributed by atoms with E-state index in [4.69, 9.17) is 5.11 Å². The molecule has 0 saturated carbocycles. The Morgan fingerprint density at radius 1 is 1.08 bits per heavy atom. The number of hydrogen-bond acceptors (Lipinski definition) is 8. The van der Waals surface area contributed by atoms with Crippen LogP contribution in [-0.4, -0.2) is 95.2 Å². The predicted molar refractivity (Wildman–Crippen MR) is 93.7 cm³/mol. The smallest absolute Gasteiger partial charge is 0.213 e. The molecule has 11 nitrogen and oxygen atoms in total. The van der Waals surface area contributed by atoms with Crippen LogP contribution >= 0.6 is 12.2 Å². The second-order valence-electron chi connectivity index (χ2n) is 5.09. The first kappa shape index (κ1) is 21.4. The van der Waals surface area contributed by atoms with E-state index in [-0.39, 0.29) is 31.6 Å². The maximum atomic E-state index is 11.1. The van der Waals surface area contributed by atoms with Gasteiger partial charge in [-0.3, -0.25) is 9.80 Å². The van der Waals surface area contributed by atoms with Gasteiger partial charge in [-0.25, -0.2) is 26.3 Å². The Bertz CT molecular complexity index is 538. The Morgan fingerprint density at radius 3 is 1.79 bits per heavy atom. The summed E-state index contributed by atoms with van der Waals surface area (Å²) in [5.41, 5.74) is 0. The summed E-state index contributed by atoms with van der Waals surface area (Å²) >= 11 is 4.57. The molecule has 0 aromatic heterocycles. The first-order valence-corrected chi connectivity index (χ1v) is 10.8. The molecule has 0 radical (unpaired) electrons. The summed E-state index contributed by atoms with van der Waals surface area (Å²) in [5.74, 6) is 0.180. The van der Waals surface area contributed by atoms with Gasteiger partial charge in [0.1, 0.15) is 6.73 Å². The van der Waals surface area contributed by atoms with Crippen LogP contribution in [-0.2, 0) is 20.0 Å². The largest absolute Gasteiger partial charge is 0.377 e. The first-order chi connectivity index (χ1) is 11.2. The molecule has 2 heterocycles. The van der Waals surface area contributed by atoms with Crippen LogP contribution in [0.15, 0.2) is 0 Å². The molecule has 2 fully saturated rings. The molecule has 142 valence electrons. The average molecular weight is 405 g/mol. The van der Waals surface area contributed by atoms with Gasteiger partial charge in [-0.05, 0) is 12.2 Å². The second-order valence-corrected chi connectivity index (χ2v) is 9.35. The maximum Gasteiger partial charge on any atom is 0.213 e. The molecule has 0 bridgehead atoms. The lowest BCUT2D eigenvalue weighted by molar-refractivity contribution is 0.130. The monoisotopic (exact) mass is 404 g/mol. The van der Waals surface area contributed by atoms with Crippen LogP contribution in [0.25, 0.3) is 0 Å². The standard InChI is InChI=1S/C7H16N4O4S2.C3H8N2OS/c12-16(13)3-1-10(5-8-16)7-11-2-4-17(14,15)9-6-11;1-4-3(7)5-2-6/h8-9H,1-7H2;6H,2H2,1H3,(H2,4,5,7). The molecular weight excluding hydrogens is 380 g/mol. The van der Waals surface area contributed by atoms with Crippen molar-refractivity contribution >= 4 is 37.4 Å². The van der Waals surface area contributed by atoms with Crippen molar-refractivity contribution in [3.8, 4) is 0 Å². The molecule has 2 aliphatic heterocycles. The quantitative estimate of drug-likeness (QED) is 0.236. The Balaban J connectivity index is 0.000000351. The van der Waals surface area contributed by atoms with E-state index in [1.807, 2.05) is 9.80 Å². The molecule has 24 heavy (non-hydrogen) atoms. The van der Waals surface area contributed by atoms with E-state index in [0.29, 0.717) is 24.9 Å². The van der Waals surface area contributed by atoms with Crippen molar-refractivity contribution < 1.29 is 21.9 Å². The van der Waals surface area contributed by atoms with Gasteiger partial charge in [-0.2, -0.15) is 0 Å². The van der Waals surface area contributed by atoms with Crippen molar-refractivity contribution in [3.05, 3.63) is 0 Å². The highest BCUT2D eigenvalue weighted by atomic mass is 32.2. The van der Waals surface area contributed by atoms with Gasteiger partial charge in [0.2, 0.25) is 20.0 Å². The number of nitrogens with zero attached hydrogens (tertiary/aromatic N) is 2. The molecule has 14 heteroatoms. The minimum absolute atomic E-state index is 0.0898. The summed E-state index contributed by atoms with van der Waals surface area (Å²) in [6.07, 6.45) is 0.